The van der Waals surface area contributed by atoms with Crippen LogP contribution in [0.5, 0.6) is 0 Å². The molecule has 2 rings (SSSR count). The largest absolute Gasteiger partial charge is 0.467 e. The van der Waals surface area contributed by atoms with E-state index in [-0.39, 0.29) is 5.92 Å². The molecule has 2 aromatic rings. The van der Waals surface area contributed by atoms with Crippen molar-refractivity contribution in [2.24, 2.45) is 0 Å². The van der Waals surface area contributed by atoms with E-state index in [0.29, 0.717) is 0 Å². The molecule has 0 aliphatic heterocycles. The fraction of sp³-hybridized carbons (Fsp3) is 0.333. The van der Waals surface area contributed by atoms with Gasteiger partial charge >= 0.3 is 12.1 Å². The molecule has 2 N–H and O–H groups in total. The van der Waals surface area contributed by atoms with E-state index in [2.05, 4.69) is 15.0 Å². The van der Waals surface area contributed by atoms with E-state index in [1.54, 1.807) is 0 Å². The highest BCUT2D eigenvalue weighted by Crippen LogP contribution is 2.28. The quantitative estimate of drug-likeness (QED) is 0.846. The average molecular weight is 290 g/mol. The minimum Gasteiger partial charge on any atom is -0.467 e. The Morgan fingerprint density at radius 3 is 2.57 bits per heavy atom. The summed E-state index contributed by atoms with van der Waals surface area (Å²) in [4.78, 5) is 26.5. The first kappa shape index (κ1) is 14.9. The maximum atomic E-state index is 11.9. The van der Waals surface area contributed by atoms with E-state index in [1.807, 2.05) is 37.4 Å². The lowest BCUT2D eigenvalue weighted by molar-refractivity contribution is -0.143. The molecule has 6 nitrogen and oxygen atoms in total. The SMILES string of the molecule is COC(=O)N[C@H](C(=O)OC)[C@@H](C)c1c[nH]c2ccccc12. The number of fused-ring (bicyclic) bond motifs is 1. The summed E-state index contributed by atoms with van der Waals surface area (Å²) in [6.45, 7) is 1.85. The van der Waals surface area contributed by atoms with E-state index in [9.17, 15) is 9.59 Å². The number of amides is 1. The number of carbonyl (C=O) groups excluding carboxylic acids is 2. The van der Waals surface area contributed by atoms with Crippen molar-refractivity contribution in [2.45, 2.75) is 18.9 Å². The summed E-state index contributed by atoms with van der Waals surface area (Å²) in [5.74, 6) is -0.786. The number of benzene rings is 1. The molecule has 0 saturated heterocycles. The van der Waals surface area contributed by atoms with Crippen molar-refractivity contribution < 1.29 is 19.1 Å². The van der Waals surface area contributed by atoms with Crippen LogP contribution in [-0.2, 0) is 14.3 Å². The molecule has 0 bridgehead atoms. The van der Waals surface area contributed by atoms with Gasteiger partial charge < -0.3 is 19.8 Å². The van der Waals surface area contributed by atoms with Gasteiger partial charge in [0, 0.05) is 23.0 Å². The molecular weight excluding hydrogens is 272 g/mol. The number of hydrogen-bond donors (Lipinski definition) is 2. The third-order valence-electron chi connectivity index (χ3n) is 3.53. The van der Waals surface area contributed by atoms with Gasteiger partial charge in [-0.3, -0.25) is 0 Å². The summed E-state index contributed by atoms with van der Waals surface area (Å²) >= 11 is 0. The zero-order valence-corrected chi connectivity index (χ0v) is 12.2. The number of methoxy groups -OCH3 is 2. The van der Waals surface area contributed by atoms with Crippen molar-refractivity contribution in [1.29, 1.82) is 0 Å². The molecule has 1 aromatic carbocycles. The average Bonchev–Trinajstić information content (AvgIpc) is 2.94. The van der Waals surface area contributed by atoms with Gasteiger partial charge in [0.05, 0.1) is 14.2 Å². The number of H-pyrrole nitrogens is 1. The Balaban J connectivity index is 2.35. The maximum absolute atomic E-state index is 11.9. The van der Waals surface area contributed by atoms with Gasteiger partial charge in [-0.2, -0.15) is 0 Å². The predicted octanol–water partition coefficient (Wildman–Crippen LogP) is 2.17. The molecule has 0 saturated carbocycles. The summed E-state index contributed by atoms with van der Waals surface area (Å²) in [5.41, 5.74) is 1.90. The Morgan fingerprint density at radius 1 is 1.19 bits per heavy atom. The lowest BCUT2D eigenvalue weighted by Gasteiger charge is -2.22. The maximum Gasteiger partial charge on any atom is 0.407 e. The Hall–Kier alpha value is -2.50. The highest BCUT2D eigenvalue weighted by Gasteiger charge is 2.30. The van der Waals surface area contributed by atoms with Gasteiger partial charge in [0.2, 0.25) is 0 Å². The van der Waals surface area contributed by atoms with Crippen molar-refractivity contribution in [3.63, 3.8) is 0 Å². The number of aromatic amines is 1. The van der Waals surface area contributed by atoms with E-state index < -0.39 is 18.1 Å². The van der Waals surface area contributed by atoms with Gasteiger partial charge in [0.1, 0.15) is 6.04 Å². The molecule has 6 heteroatoms. The van der Waals surface area contributed by atoms with Crippen molar-refractivity contribution in [1.82, 2.24) is 10.3 Å². The van der Waals surface area contributed by atoms with Crippen LogP contribution in [0.2, 0.25) is 0 Å². The van der Waals surface area contributed by atoms with Gasteiger partial charge in [0.25, 0.3) is 0 Å². The first-order chi connectivity index (χ1) is 10.1. The molecule has 0 fully saturated rings. The number of aromatic nitrogens is 1. The standard InChI is InChI=1S/C15H18N2O4/c1-9(13(14(18)20-2)17-15(19)21-3)11-8-16-12-7-5-4-6-10(11)12/h4-9,13,16H,1-3H3,(H,17,19)/t9-,13-/m0/s1. The highest BCUT2D eigenvalue weighted by molar-refractivity contribution is 5.87. The first-order valence-corrected chi connectivity index (χ1v) is 6.56. The number of para-hydroxylation sites is 1. The summed E-state index contributed by atoms with van der Waals surface area (Å²) < 4.78 is 9.33. The highest BCUT2D eigenvalue weighted by atomic mass is 16.5. The predicted molar refractivity (Wildman–Crippen MR) is 78.1 cm³/mol. The molecule has 0 spiro atoms. The molecule has 1 aromatic heterocycles. The van der Waals surface area contributed by atoms with Crippen LogP contribution in [0.3, 0.4) is 0 Å². The number of alkyl carbamates (subject to hydrolysis) is 1. The van der Waals surface area contributed by atoms with Gasteiger partial charge in [-0.1, -0.05) is 25.1 Å². The fourth-order valence-corrected chi connectivity index (χ4v) is 2.35. The van der Waals surface area contributed by atoms with Crippen LogP contribution in [-0.4, -0.2) is 37.3 Å². The summed E-state index contributed by atoms with van der Waals surface area (Å²) in [5, 5.41) is 3.53. The number of carbonyl (C=O) groups is 2. The van der Waals surface area contributed by atoms with Crippen molar-refractivity contribution in [3.05, 3.63) is 36.0 Å². The molecule has 0 unspecified atom stereocenters. The molecule has 1 heterocycles. The smallest absolute Gasteiger partial charge is 0.407 e. The van der Waals surface area contributed by atoms with E-state index in [0.717, 1.165) is 16.5 Å². The van der Waals surface area contributed by atoms with Gasteiger partial charge in [-0.15, -0.1) is 0 Å². The van der Waals surface area contributed by atoms with Gasteiger partial charge in [0.15, 0.2) is 0 Å². The number of esters is 1. The van der Waals surface area contributed by atoms with Crippen LogP contribution in [0.15, 0.2) is 30.5 Å². The van der Waals surface area contributed by atoms with Crippen molar-refractivity contribution >= 4 is 23.0 Å². The number of ether oxygens (including phenoxy) is 2. The lowest BCUT2D eigenvalue weighted by atomic mass is 9.93. The minimum absolute atomic E-state index is 0.271. The molecule has 21 heavy (non-hydrogen) atoms. The third-order valence-corrected chi connectivity index (χ3v) is 3.53. The number of nitrogens with one attached hydrogen (secondary N) is 2. The van der Waals surface area contributed by atoms with Crippen LogP contribution in [0.4, 0.5) is 4.79 Å². The Morgan fingerprint density at radius 2 is 1.90 bits per heavy atom. The van der Waals surface area contributed by atoms with Crippen molar-refractivity contribution in [2.75, 3.05) is 14.2 Å². The molecule has 0 aliphatic carbocycles. The molecule has 0 radical (unpaired) electrons. The molecule has 112 valence electrons. The minimum atomic E-state index is -0.818. The van der Waals surface area contributed by atoms with Crippen LogP contribution < -0.4 is 5.32 Å². The Kier molecular flexibility index (Phi) is 4.47. The zero-order chi connectivity index (χ0) is 15.4. The second-order valence-electron chi connectivity index (χ2n) is 4.72. The van der Waals surface area contributed by atoms with Crippen LogP contribution in [0.25, 0.3) is 10.9 Å². The third kappa shape index (κ3) is 2.99. The molecular formula is C15H18N2O4. The molecule has 1 amide bonds. The second-order valence-corrected chi connectivity index (χ2v) is 4.72. The lowest BCUT2D eigenvalue weighted by Crippen LogP contribution is -2.44. The van der Waals surface area contributed by atoms with Crippen LogP contribution in [0, 0.1) is 0 Å². The van der Waals surface area contributed by atoms with Crippen LogP contribution >= 0.6 is 0 Å². The summed E-state index contributed by atoms with van der Waals surface area (Å²) in [7, 11) is 2.54. The zero-order valence-electron chi connectivity index (χ0n) is 12.2. The van der Waals surface area contributed by atoms with E-state index in [1.165, 1.54) is 14.2 Å². The number of rotatable bonds is 4. The molecule has 0 aliphatic rings. The van der Waals surface area contributed by atoms with Gasteiger partial charge in [-0.05, 0) is 11.6 Å². The molecule has 2 atom stereocenters. The first-order valence-electron chi connectivity index (χ1n) is 6.56. The normalized spacial score (nSPS) is 13.5. The second kappa shape index (κ2) is 6.30. The van der Waals surface area contributed by atoms with E-state index in [4.69, 9.17) is 4.74 Å². The van der Waals surface area contributed by atoms with Gasteiger partial charge in [-0.25, -0.2) is 9.59 Å². The van der Waals surface area contributed by atoms with Crippen molar-refractivity contribution in [3.8, 4) is 0 Å². The summed E-state index contributed by atoms with van der Waals surface area (Å²) in [6, 6.07) is 6.95. The Labute approximate surface area is 122 Å². The number of hydrogen-bond acceptors (Lipinski definition) is 4. The topological polar surface area (TPSA) is 80.4 Å². The van der Waals surface area contributed by atoms with Crippen LogP contribution in [0.1, 0.15) is 18.4 Å². The Bertz CT molecular complexity index is 650. The van der Waals surface area contributed by atoms with E-state index >= 15 is 0 Å². The fourth-order valence-electron chi connectivity index (χ4n) is 2.35. The summed E-state index contributed by atoms with van der Waals surface area (Å²) in [6.07, 6.45) is 1.17. The monoisotopic (exact) mass is 290 g/mol.